The molecule has 0 atom stereocenters. The van der Waals surface area contributed by atoms with Crippen LogP contribution in [0.25, 0.3) is 0 Å². The molecule has 0 fully saturated rings. The maximum Gasteiger partial charge on any atom is 0.272 e. The van der Waals surface area contributed by atoms with Crippen molar-refractivity contribution >= 4 is 42.9 Å². The number of alkyl halides is 2. The van der Waals surface area contributed by atoms with E-state index in [2.05, 4.69) is 4.74 Å². The summed E-state index contributed by atoms with van der Waals surface area (Å²) in [5.41, 5.74) is 0. The first-order valence-corrected chi connectivity index (χ1v) is 7.13. The van der Waals surface area contributed by atoms with Crippen molar-refractivity contribution in [3.63, 3.8) is 0 Å². The molecule has 0 amide bonds. The van der Waals surface area contributed by atoms with Crippen LogP contribution in [0.3, 0.4) is 0 Å². The summed E-state index contributed by atoms with van der Waals surface area (Å²) in [6.45, 7) is -0.872. The lowest BCUT2D eigenvalue weighted by Crippen LogP contribution is -2.07. The molecular weight excluding hydrogens is 321 g/mol. The lowest BCUT2D eigenvalue weighted by molar-refractivity contribution is 0.0819. The highest BCUT2D eigenvalue weighted by molar-refractivity contribution is 8.13. The van der Waals surface area contributed by atoms with E-state index in [1.54, 1.807) is 0 Å². The van der Waals surface area contributed by atoms with Gasteiger partial charge in [0, 0.05) is 16.7 Å². The summed E-state index contributed by atoms with van der Waals surface area (Å²) in [7, 11) is 1.03. The van der Waals surface area contributed by atoms with Gasteiger partial charge in [-0.15, -0.1) is 0 Å². The first kappa shape index (κ1) is 14.8. The fraction of sp³-hybridized carbons (Fsp3) is 0.250. The highest BCUT2D eigenvalue weighted by Crippen LogP contribution is 2.35. The predicted octanol–water partition coefficient (Wildman–Crippen LogP) is 3.56. The van der Waals surface area contributed by atoms with Gasteiger partial charge in [0.2, 0.25) is 0 Å². The summed E-state index contributed by atoms with van der Waals surface area (Å²) in [5, 5.41) is -0.428. The third-order valence-corrected chi connectivity index (χ3v) is 3.70. The number of hydrogen-bond acceptors (Lipinski definition) is 3. The number of rotatable bonds is 4. The van der Waals surface area contributed by atoms with Crippen LogP contribution in [0.4, 0.5) is 8.78 Å². The molecule has 0 bridgehead atoms. The van der Waals surface area contributed by atoms with Gasteiger partial charge < -0.3 is 4.74 Å². The van der Waals surface area contributed by atoms with Crippen molar-refractivity contribution in [1.82, 2.24) is 0 Å². The standard InChI is InChI=1S/C8H5Cl3F2O3S/c9-4-2-7(17(11,14)15)5(10)1-6(4)16-3-8(12)13/h1-2,8H,3H2. The average Bonchev–Trinajstić information content (AvgIpc) is 2.17. The molecule has 0 aromatic heterocycles. The Labute approximate surface area is 111 Å². The highest BCUT2D eigenvalue weighted by atomic mass is 35.7. The molecule has 0 aliphatic rings. The van der Waals surface area contributed by atoms with Crippen LogP contribution >= 0.6 is 33.9 Å². The van der Waals surface area contributed by atoms with Crippen LogP contribution in [0.5, 0.6) is 5.75 Å². The molecule has 96 valence electrons. The van der Waals surface area contributed by atoms with Gasteiger partial charge in [-0.2, -0.15) is 0 Å². The molecule has 0 N–H and O–H groups in total. The van der Waals surface area contributed by atoms with Crippen molar-refractivity contribution in [2.45, 2.75) is 11.3 Å². The number of benzene rings is 1. The first-order chi connectivity index (χ1) is 7.71. The molecule has 17 heavy (non-hydrogen) atoms. The van der Waals surface area contributed by atoms with Crippen molar-refractivity contribution in [2.24, 2.45) is 0 Å². The van der Waals surface area contributed by atoms with Gasteiger partial charge in [-0.1, -0.05) is 23.2 Å². The topological polar surface area (TPSA) is 43.4 Å². The van der Waals surface area contributed by atoms with Gasteiger partial charge >= 0.3 is 0 Å². The normalized spacial score (nSPS) is 11.9. The van der Waals surface area contributed by atoms with E-state index < -0.39 is 27.0 Å². The van der Waals surface area contributed by atoms with E-state index in [1.807, 2.05) is 0 Å². The van der Waals surface area contributed by atoms with Crippen LogP contribution in [0.1, 0.15) is 0 Å². The summed E-state index contributed by atoms with van der Waals surface area (Å²) < 4.78 is 50.5. The summed E-state index contributed by atoms with van der Waals surface area (Å²) >= 11 is 11.3. The van der Waals surface area contributed by atoms with Gasteiger partial charge in [0.1, 0.15) is 17.3 Å². The van der Waals surface area contributed by atoms with Gasteiger partial charge in [-0.05, 0) is 6.07 Å². The molecule has 0 heterocycles. The van der Waals surface area contributed by atoms with Gasteiger partial charge in [-0.25, -0.2) is 17.2 Å². The van der Waals surface area contributed by atoms with Crippen molar-refractivity contribution < 1.29 is 21.9 Å². The molecule has 9 heteroatoms. The molecule has 1 aromatic carbocycles. The van der Waals surface area contributed by atoms with Crippen LogP contribution < -0.4 is 4.74 Å². The Morgan fingerprint density at radius 1 is 1.24 bits per heavy atom. The largest absolute Gasteiger partial charge is 0.486 e. The Hall–Kier alpha value is -0.300. The first-order valence-electron chi connectivity index (χ1n) is 4.06. The van der Waals surface area contributed by atoms with E-state index in [9.17, 15) is 17.2 Å². The van der Waals surface area contributed by atoms with E-state index in [1.165, 1.54) is 0 Å². The molecule has 0 radical (unpaired) electrons. The van der Waals surface area contributed by atoms with Gasteiger partial charge in [-0.3, -0.25) is 0 Å². The zero-order valence-electron chi connectivity index (χ0n) is 7.96. The van der Waals surface area contributed by atoms with Crippen molar-refractivity contribution in [3.8, 4) is 5.75 Å². The second-order valence-corrected chi connectivity index (χ2v) is 6.20. The molecule has 0 unspecified atom stereocenters. The minimum absolute atomic E-state index is 0.138. The monoisotopic (exact) mass is 324 g/mol. The minimum atomic E-state index is -4.05. The second kappa shape index (κ2) is 5.56. The van der Waals surface area contributed by atoms with Gasteiger partial charge in [0.25, 0.3) is 15.5 Å². The molecule has 0 saturated carbocycles. The Balaban J connectivity index is 3.10. The molecule has 0 aliphatic carbocycles. The quantitative estimate of drug-likeness (QED) is 0.795. The molecule has 0 spiro atoms. The third-order valence-electron chi connectivity index (χ3n) is 1.61. The summed E-state index contributed by atoms with van der Waals surface area (Å²) in [4.78, 5) is -0.407. The zero-order valence-corrected chi connectivity index (χ0v) is 11.0. The van der Waals surface area contributed by atoms with E-state index in [0.29, 0.717) is 0 Å². The Bertz CT molecular complexity index is 519. The van der Waals surface area contributed by atoms with Crippen LogP contribution in [0.2, 0.25) is 10.0 Å². The maximum atomic E-state index is 11.9. The molecule has 3 nitrogen and oxygen atoms in total. The maximum absolute atomic E-state index is 11.9. The van der Waals surface area contributed by atoms with E-state index >= 15 is 0 Å². The van der Waals surface area contributed by atoms with E-state index in [4.69, 9.17) is 33.9 Å². The van der Waals surface area contributed by atoms with Gasteiger partial charge in [0.05, 0.1) is 10.0 Å². The SMILES string of the molecule is O=S(=O)(Cl)c1cc(Cl)c(OCC(F)F)cc1Cl. The average molecular weight is 326 g/mol. The minimum Gasteiger partial charge on any atom is -0.486 e. The van der Waals surface area contributed by atoms with Crippen molar-refractivity contribution in [2.75, 3.05) is 6.61 Å². The summed E-state index contributed by atoms with van der Waals surface area (Å²) in [6.07, 6.45) is -2.68. The summed E-state index contributed by atoms with van der Waals surface area (Å²) in [6, 6.07) is 1.95. The zero-order chi connectivity index (χ0) is 13.2. The van der Waals surface area contributed by atoms with E-state index in [0.717, 1.165) is 12.1 Å². The lowest BCUT2D eigenvalue weighted by Gasteiger charge is -2.09. The molecule has 1 rings (SSSR count). The number of halogens is 5. The number of ether oxygens (including phenoxy) is 1. The third kappa shape index (κ3) is 4.13. The Kier molecular flexibility index (Phi) is 4.83. The van der Waals surface area contributed by atoms with Crippen molar-refractivity contribution in [3.05, 3.63) is 22.2 Å². The van der Waals surface area contributed by atoms with E-state index in [-0.39, 0.29) is 15.8 Å². The Morgan fingerprint density at radius 3 is 2.29 bits per heavy atom. The second-order valence-electron chi connectivity index (χ2n) is 2.85. The molecule has 0 saturated heterocycles. The van der Waals surface area contributed by atoms with Crippen LogP contribution in [0, 0.1) is 0 Å². The van der Waals surface area contributed by atoms with Crippen LogP contribution in [0.15, 0.2) is 17.0 Å². The fourth-order valence-electron chi connectivity index (χ4n) is 0.961. The molecule has 1 aromatic rings. The van der Waals surface area contributed by atoms with Crippen molar-refractivity contribution in [1.29, 1.82) is 0 Å². The number of hydrogen-bond donors (Lipinski definition) is 0. The van der Waals surface area contributed by atoms with Crippen LogP contribution in [-0.2, 0) is 9.05 Å². The smallest absolute Gasteiger partial charge is 0.272 e. The van der Waals surface area contributed by atoms with Crippen LogP contribution in [-0.4, -0.2) is 21.5 Å². The van der Waals surface area contributed by atoms with Gasteiger partial charge in [0.15, 0.2) is 0 Å². The summed E-state index contributed by atoms with van der Waals surface area (Å²) in [5.74, 6) is -0.138. The lowest BCUT2D eigenvalue weighted by atomic mass is 10.3. The molecule has 0 aliphatic heterocycles. The fourth-order valence-corrected chi connectivity index (χ4v) is 2.75. The molecular formula is C8H5Cl3F2O3S. The highest BCUT2D eigenvalue weighted by Gasteiger charge is 2.18. The predicted molar refractivity (Wildman–Crippen MR) is 61.0 cm³/mol. The Morgan fingerprint density at radius 2 is 1.82 bits per heavy atom.